The van der Waals surface area contributed by atoms with Gasteiger partial charge in [-0.25, -0.2) is 8.78 Å². The van der Waals surface area contributed by atoms with Gasteiger partial charge in [0.2, 0.25) is 0 Å². The molecular formula is C14H8BClF2O2. The van der Waals surface area contributed by atoms with Crippen LogP contribution >= 0.6 is 11.6 Å². The Morgan fingerprint density at radius 3 is 2.65 bits per heavy atom. The van der Waals surface area contributed by atoms with E-state index in [2.05, 4.69) is 0 Å². The van der Waals surface area contributed by atoms with Crippen molar-refractivity contribution in [2.75, 3.05) is 0 Å². The van der Waals surface area contributed by atoms with Crippen molar-refractivity contribution in [2.45, 2.75) is 6.61 Å². The highest BCUT2D eigenvalue weighted by molar-refractivity contribution is 6.62. The summed E-state index contributed by atoms with van der Waals surface area (Å²) in [6.45, 7) is 0.0291. The van der Waals surface area contributed by atoms with E-state index >= 15 is 0 Å². The van der Waals surface area contributed by atoms with Gasteiger partial charge in [0.05, 0.1) is 5.56 Å². The number of rotatable bonds is 4. The van der Waals surface area contributed by atoms with E-state index < -0.39 is 22.9 Å². The van der Waals surface area contributed by atoms with E-state index in [0.717, 1.165) is 12.1 Å². The molecule has 0 aromatic heterocycles. The van der Waals surface area contributed by atoms with E-state index in [9.17, 15) is 13.6 Å². The van der Waals surface area contributed by atoms with Gasteiger partial charge >= 0.3 is 0 Å². The predicted octanol–water partition coefficient (Wildman–Crippen LogP) is 3.51. The van der Waals surface area contributed by atoms with E-state index in [1.54, 1.807) is 24.3 Å². The number of carbonyl (C=O) groups is 1. The maximum absolute atomic E-state index is 13.9. The lowest BCUT2D eigenvalue weighted by atomic mass is 9.93. The van der Waals surface area contributed by atoms with Crippen LogP contribution in [0.1, 0.15) is 15.9 Å². The molecule has 0 bridgehead atoms. The van der Waals surface area contributed by atoms with Crippen LogP contribution in [-0.2, 0) is 6.61 Å². The van der Waals surface area contributed by atoms with Crippen LogP contribution in [0.15, 0.2) is 36.4 Å². The van der Waals surface area contributed by atoms with Crippen LogP contribution < -0.4 is 4.74 Å². The lowest BCUT2D eigenvalue weighted by molar-refractivity contribution is 0.107. The molecule has 20 heavy (non-hydrogen) atoms. The summed E-state index contributed by atoms with van der Waals surface area (Å²) in [5, 5.41) is 0.517. The van der Waals surface area contributed by atoms with Gasteiger partial charge in [-0.05, 0) is 29.8 Å². The normalized spacial score (nSPS) is 10.3. The largest absolute Gasteiger partial charge is 0.486 e. The highest BCUT2D eigenvalue weighted by Gasteiger charge is 2.17. The van der Waals surface area contributed by atoms with Crippen molar-refractivity contribution in [3.63, 3.8) is 0 Å². The zero-order valence-corrected chi connectivity index (χ0v) is 11.0. The van der Waals surface area contributed by atoms with Gasteiger partial charge in [-0.2, -0.15) is 0 Å². The molecule has 0 fully saturated rings. The van der Waals surface area contributed by atoms with E-state index in [4.69, 9.17) is 24.2 Å². The average Bonchev–Trinajstić information content (AvgIpc) is 2.37. The van der Waals surface area contributed by atoms with Crippen LogP contribution in [0.3, 0.4) is 0 Å². The Kier molecular flexibility index (Phi) is 4.40. The Labute approximate surface area is 120 Å². The predicted molar refractivity (Wildman–Crippen MR) is 72.2 cm³/mol. The van der Waals surface area contributed by atoms with Gasteiger partial charge in [0.25, 0.3) is 0 Å². The van der Waals surface area contributed by atoms with Crippen molar-refractivity contribution in [3.05, 3.63) is 64.2 Å². The molecule has 0 amide bonds. The molecule has 2 aromatic rings. The fourth-order valence-electron chi connectivity index (χ4n) is 1.66. The minimum atomic E-state index is -1.19. The minimum Gasteiger partial charge on any atom is -0.486 e. The molecule has 2 radical (unpaired) electrons. The molecule has 0 saturated heterocycles. The van der Waals surface area contributed by atoms with Gasteiger partial charge in [-0.15, -0.1) is 0 Å². The number of hydrogen-bond donors (Lipinski definition) is 0. The summed E-state index contributed by atoms with van der Waals surface area (Å²) in [6, 6.07) is 8.82. The highest BCUT2D eigenvalue weighted by atomic mass is 35.5. The third kappa shape index (κ3) is 3.17. The van der Waals surface area contributed by atoms with Gasteiger partial charge in [0.1, 0.15) is 18.1 Å². The minimum absolute atomic E-state index is 0.0291. The Hall–Kier alpha value is -1.88. The molecule has 100 valence electrons. The summed E-state index contributed by atoms with van der Waals surface area (Å²) < 4.78 is 32.4. The second-order valence-electron chi connectivity index (χ2n) is 4.02. The first-order valence-electron chi connectivity index (χ1n) is 5.64. The monoisotopic (exact) mass is 292 g/mol. The molecule has 0 aliphatic carbocycles. The van der Waals surface area contributed by atoms with E-state index in [1.165, 1.54) is 0 Å². The first-order chi connectivity index (χ1) is 9.49. The van der Waals surface area contributed by atoms with Crippen molar-refractivity contribution in [1.82, 2.24) is 0 Å². The summed E-state index contributed by atoms with van der Waals surface area (Å²) in [5.74, 6) is -2.38. The lowest BCUT2D eigenvalue weighted by Crippen LogP contribution is -2.08. The summed E-state index contributed by atoms with van der Waals surface area (Å²) >= 11 is 5.81. The molecule has 0 aliphatic rings. The molecule has 0 spiro atoms. The quantitative estimate of drug-likeness (QED) is 0.806. The molecule has 2 aromatic carbocycles. The average molecular weight is 292 g/mol. The molecule has 0 saturated carbocycles. The third-order valence-electron chi connectivity index (χ3n) is 2.59. The number of ether oxygens (including phenoxy) is 1. The maximum Gasteiger partial charge on any atom is 0.177 e. The molecule has 0 atom stereocenters. The van der Waals surface area contributed by atoms with E-state index in [1.807, 2.05) is 0 Å². The molecular weight excluding hydrogens is 284 g/mol. The van der Waals surface area contributed by atoms with Crippen molar-refractivity contribution in [2.24, 2.45) is 0 Å². The van der Waals surface area contributed by atoms with Crippen LogP contribution in [0.5, 0.6) is 5.75 Å². The lowest BCUT2D eigenvalue weighted by Gasteiger charge is -2.10. The Morgan fingerprint density at radius 2 is 2.00 bits per heavy atom. The van der Waals surface area contributed by atoms with Crippen molar-refractivity contribution in [1.29, 1.82) is 0 Å². The van der Waals surface area contributed by atoms with Gasteiger partial charge in [-0.3, -0.25) is 0 Å². The number of carbonyl (C=O) groups excluding carboxylic acids is 1. The van der Waals surface area contributed by atoms with Gasteiger partial charge in [0, 0.05) is 5.02 Å². The first-order valence-corrected chi connectivity index (χ1v) is 6.02. The first kappa shape index (κ1) is 14.5. The van der Waals surface area contributed by atoms with Gasteiger partial charge < -0.3 is 9.53 Å². The van der Waals surface area contributed by atoms with Crippen molar-refractivity contribution < 1.29 is 18.3 Å². The summed E-state index contributed by atoms with van der Waals surface area (Å²) in [4.78, 5) is 11.0. The number of halogens is 3. The van der Waals surface area contributed by atoms with Crippen LogP contribution in [0.4, 0.5) is 8.78 Å². The summed E-state index contributed by atoms with van der Waals surface area (Å²) in [5.41, 5.74) is -1.29. The molecule has 0 heterocycles. The van der Waals surface area contributed by atoms with Crippen molar-refractivity contribution in [3.8, 4) is 5.75 Å². The van der Waals surface area contributed by atoms with Gasteiger partial charge in [-0.1, -0.05) is 23.7 Å². The SMILES string of the molecule is [B]C(=O)c1c(F)ccc(OCc2cccc(Cl)c2)c1F. The van der Waals surface area contributed by atoms with Gasteiger partial charge in [0.15, 0.2) is 19.4 Å². The topological polar surface area (TPSA) is 26.3 Å². The van der Waals surface area contributed by atoms with E-state index in [-0.39, 0.29) is 12.4 Å². The zero-order chi connectivity index (χ0) is 14.7. The zero-order valence-electron chi connectivity index (χ0n) is 10.2. The molecule has 6 heteroatoms. The van der Waals surface area contributed by atoms with Crippen LogP contribution in [0.2, 0.25) is 5.02 Å². The standard InChI is InChI=1S/C14H8BClF2O2/c15-14(19)12-10(17)4-5-11(13(12)18)20-7-8-2-1-3-9(16)6-8/h1-6H,7H2. The smallest absolute Gasteiger partial charge is 0.177 e. The second kappa shape index (κ2) is 6.05. The highest BCUT2D eigenvalue weighted by Crippen LogP contribution is 2.24. The fraction of sp³-hybridized carbons (Fsp3) is 0.0714. The molecule has 2 nitrogen and oxygen atoms in total. The number of hydrogen-bond acceptors (Lipinski definition) is 2. The molecule has 0 unspecified atom stereocenters. The Balaban J connectivity index is 2.22. The third-order valence-corrected chi connectivity index (χ3v) is 2.82. The molecule has 2 rings (SSSR count). The Bertz CT molecular complexity index is 662. The van der Waals surface area contributed by atoms with Crippen molar-refractivity contribution >= 4 is 25.1 Å². The second-order valence-corrected chi connectivity index (χ2v) is 4.45. The maximum atomic E-state index is 13.9. The molecule has 0 aliphatic heterocycles. The van der Waals surface area contributed by atoms with Crippen LogP contribution in [-0.4, -0.2) is 13.5 Å². The Morgan fingerprint density at radius 1 is 1.25 bits per heavy atom. The van der Waals surface area contributed by atoms with E-state index in [0.29, 0.717) is 10.6 Å². The van der Waals surface area contributed by atoms with Crippen LogP contribution in [0, 0.1) is 11.6 Å². The van der Waals surface area contributed by atoms with Crippen LogP contribution in [0.25, 0.3) is 0 Å². The number of benzene rings is 2. The summed E-state index contributed by atoms with van der Waals surface area (Å²) in [6.07, 6.45) is 0. The summed E-state index contributed by atoms with van der Waals surface area (Å²) in [7, 11) is 4.92. The fourth-order valence-corrected chi connectivity index (χ4v) is 1.87. The molecule has 0 N–H and O–H groups in total.